The van der Waals surface area contributed by atoms with Crippen molar-refractivity contribution in [1.82, 2.24) is 24.5 Å². The molecule has 1 atom stereocenters. The van der Waals surface area contributed by atoms with Crippen LogP contribution in [0.25, 0.3) is 0 Å². The summed E-state index contributed by atoms with van der Waals surface area (Å²) in [5.41, 5.74) is 0.767. The Kier molecular flexibility index (Phi) is 3.78. The van der Waals surface area contributed by atoms with E-state index in [9.17, 15) is 4.79 Å². The van der Waals surface area contributed by atoms with Gasteiger partial charge in [0.15, 0.2) is 5.82 Å². The number of aromatic nitrogens is 5. The van der Waals surface area contributed by atoms with Crippen LogP contribution in [0.5, 0.6) is 5.75 Å². The Morgan fingerprint density at radius 2 is 2.09 bits per heavy atom. The predicted octanol–water partition coefficient (Wildman–Crippen LogP) is 1.43. The highest BCUT2D eigenvalue weighted by Gasteiger charge is 2.17. The summed E-state index contributed by atoms with van der Waals surface area (Å²) < 4.78 is 8.52. The Balaban J connectivity index is 1.90. The van der Waals surface area contributed by atoms with Gasteiger partial charge in [-0.1, -0.05) is 12.1 Å². The van der Waals surface area contributed by atoms with Gasteiger partial charge in [0.1, 0.15) is 11.8 Å². The molecule has 7 nitrogen and oxygen atoms in total. The average molecular weight is 299 g/mol. The summed E-state index contributed by atoms with van der Waals surface area (Å²) in [5, 5.41) is 10.9. The van der Waals surface area contributed by atoms with Crippen molar-refractivity contribution in [2.24, 2.45) is 0 Å². The highest BCUT2D eigenvalue weighted by atomic mass is 16.5. The zero-order valence-electron chi connectivity index (χ0n) is 12.4. The molecule has 7 heteroatoms. The summed E-state index contributed by atoms with van der Waals surface area (Å²) in [5.74, 6) is 1.43. The highest BCUT2D eigenvalue weighted by Crippen LogP contribution is 2.16. The number of ether oxygens (including phenoxy) is 1. The molecule has 0 radical (unpaired) electrons. The quantitative estimate of drug-likeness (QED) is 0.773. The second kappa shape index (κ2) is 5.88. The average Bonchev–Trinajstić information content (AvgIpc) is 3.19. The zero-order valence-corrected chi connectivity index (χ0v) is 12.4. The van der Waals surface area contributed by atoms with Crippen LogP contribution in [0.4, 0.5) is 0 Å². The van der Waals surface area contributed by atoms with Crippen LogP contribution in [0, 0.1) is 0 Å². The third kappa shape index (κ3) is 2.65. The van der Waals surface area contributed by atoms with Gasteiger partial charge in [0, 0.05) is 12.4 Å². The molecule has 114 valence electrons. The molecule has 0 saturated carbocycles. The van der Waals surface area contributed by atoms with E-state index in [1.54, 1.807) is 22.6 Å². The first-order chi connectivity index (χ1) is 10.7. The van der Waals surface area contributed by atoms with Crippen LogP contribution in [-0.4, -0.2) is 31.7 Å². The second-order valence-corrected chi connectivity index (χ2v) is 4.98. The minimum absolute atomic E-state index is 0.132. The van der Waals surface area contributed by atoms with Crippen molar-refractivity contribution in [3.63, 3.8) is 0 Å². The van der Waals surface area contributed by atoms with Gasteiger partial charge in [0.2, 0.25) is 0 Å². The molecule has 0 bridgehead atoms. The van der Waals surface area contributed by atoms with Gasteiger partial charge in [-0.25, -0.2) is 9.89 Å². The first-order valence-electron chi connectivity index (χ1n) is 6.96. The third-order valence-corrected chi connectivity index (χ3v) is 3.58. The van der Waals surface area contributed by atoms with Gasteiger partial charge < -0.3 is 4.74 Å². The standard InChI is InChI=1S/C15H17N5O2/c1-11(20-9-3-8-16-20)14-17-18-15(21)19(14)10-12-4-6-13(22-2)7-5-12/h3-9,11H,10H2,1-2H3,(H,18,21)/t11-/m0/s1. The summed E-state index contributed by atoms with van der Waals surface area (Å²) in [7, 11) is 1.62. The van der Waals surface area contributed by atoms with Crippen molar-refractivity contribution >= 4 is 0 Å². The summed E-state index contributed by atoms with van der Waals surface area (Å²) in [6.45, 7) is 2.40. The Hall–Kier alpha value is -2.83. The lowest BCUT2D eigenvalue weighted by Gasteiger charge is -2.13. The van der Waals surface area contributed by atoms with Crippen LogP contribution >= 0.6 is 0 Å². The summed E-state index contributed by atoms with van der Waals surface area (Å²) in [6, 6.07) is 9.32. The Morgan fingerprint density at radius 3 is 2.73 bits per heavy atom. The van der Waals surface area contributed by atoms with Gasteiger partial charge in [-0.15, -0.1) is 0 Å². The fourth-order valence-corrected chi connectivity index (χ4v) is 2.34. The van der Waals surface area contributed by atoms with Gasteiger partial charge in [-0.3, -0.25) is 9.25 Å². The molecular formula is C15H17N5O2. The number of aromatic amines is 1. The van der Waals surface area contributed by atoms with E-state index >= 15 is 0 Å². The van der Waals surface area contributed by atoms with Crippen molar-refractivity contribution in [3.05, 3.63) is 64.6 Å². The molecule has 0 saturated heterocycles. The molecule has 22 heavy (non-hydrogen) atoms. The van der Waals surface area contributed by atoms with Gasteiger partial charge in [0.25, 0.3) is 0 Å². The number of hydrogen-bond acceptors (Lipinski definition) is 4. The fourth-order valence-electron chi connectivity index (χ4n) is 2.34. The molecule has 0 aliphatic heterocycles. The molecule has 3 aromatic rings. The zero-order chi connectivity index (χ0) is 15.5. The third-order valence-electron chi connectivity index (χ3n) is 3.58. The molecule has 0 unspecified atom stereocenters. The largest absolute Gasteiger partial charge is 0.497 e. The highest BCUT2D eigenvalue weighted by molar-refractivity contribution is 5.27. The number of H-pyrrole nitrogens is 1. The molecule has 0 amide bonds. The molecule has 3 rings (SSSR count). The second-order valence-electron chi connectivity index (χ2n) is 4.98. The van der Waals surface area contributed by atoms with E-state index in [0.717, 1.165) is 11.3 Å². The van der Waals surface area contributed by atoms with Crippen molar-refractivity contribution in [2.45, 2.75) is 19.5 Å². The minimum Gasteiger partial charge on any atom is -0.497 e. The van der Waals surface area contributed by atoms with E-state index in [-0.39, 0.29) is 11.7 Å². The van der Waals surface area contributed by atoms with Crippen LogP contribution in [0.2, 0.25) is 0 Å². The first kappa shape index (κ1) is 14.1. The van der Waals surface area contributed by atoms with E-state index in [1.807, 2.05) is 43.5 Å². The molecule has 0 spiro atoms. The van der Waals surface area contributed by atoms with Crippen molar-refractivity contribution < 1.29 is 4.74 Å². The van der Waals surface area contributed by atoms with Crippen molar-refractivity contribution in [1.29, 1.82) is 0 Å². The van der Waals surface area contributed by atoms with Gasteiger partial charge in [-0.05, 0) is 30.7 Å². The van der Waals surface area contributed by atoms with E-state index in [2.05, 4.69) is 15.3 Å². The molecule has 0 aliphatic carbocycles. The smallest absolute Gasteiger partial charge is 0.343 e. The normalized spacial score (nSPS) is 12.3. The maximum absolute atomic E-state index is 12.0. The lowest BCUT2D eigenvalue weighted by molar-refractivity contribution is 0.414. The molecule has 2 heterocycles. The van der Waals surface area contributed by atoms with Crippen LogP contribution < -0.4 is 10.4 Å². The summed E-state index contributed by atoms with van der Waals surface area (Å²) >= 11 is 0. The molecular weight excluding hydrogens is 282 g/mol. The Morgan fingerprint density at radius 1 is 1.32 bits per heavy atom. The molecule has 1 N–H and O–H groups in total. The monoisotopic (exact) mass is 299 g/mol. The van der Waals surface area contributed by atoms with Crippen LogP contribution in [0.3, 0.4) is 0 Å². The van der Waals surface area contributed by atoms with E-state index in [1.165, 1.54) is 0 Å². The minimum atomic E-state index is -0.232. The number of methoxy groups -OCH3 is 1. The van der Waals surface area contributed by atoms with E-state index in [0.29, 0.717) is 12.4 Å². The van der Waals surface area contributed by atoms with Crippen LogP contribution in [0.15, 0.2) is 47.5 Å². The van der Waals surface area contributed by atoms with Crippen LogP contribution in [-0.2, 0) is 6.54 Å². The summed E-state index contributed by atoms with van der Waals surface area (Å²) in [4.78, 5) is 12.0. The Labute approximate surface area is 127 Å². The first-order valence-corrected chi connectivity index (χ1v) is 6.96. The Bertz CT molecular complexity index is 786. The SMILES string of the molecule is COc1ccc(Cn2c([C@H](C)n3cccn3)n[nH]c2=O)cc1. The number of hydrogen-bond donors (Lipinski definition) is 1. The van der Waals surface area contributed by atoms with Gasteiger partial charge in [0.05, 0.1) is 13.7 Å². The van der Waals surface area contributed by atoms with Crippen molar-refractivity contribution in [2.75, 3.05) is 7.11 Å². The number of nitrogens with one attached hydrogen (secondary N) is 1. The summed E-state index contributed by atoms with van der Waals surface area (Å²) in [6.07, 6.45) is 3.55. The molecule has 1 aromatic carbocycles. The lowest BCUT2D eigenvalue weighted by atomic mass is 10.2. The number of benzene rings is 1. The van der Waals surface area contributed by atoms with Gasteiger partial charge in [-0.2, -0.15) is 10.2 Å². The topological polar surface area (TPSA) is 77.7 Å². The lowest BCUT2D eigenvalue weighted by Crippen LogP contribution is -2.22. The fraction of sp³-hybridized carbons (Fsp3) is 0.267. The maximum Gasteiger partial charge on any atom is 0.343 e. The van der Waals surface area contributed by atoms with Crippen LogP contribution in [0.1, 0.15) is 24.4 Å². The molecule has 0 aliphatic rings. The van der Waals surface area contributed by atoms with Gasteiger partial charge >= 0.3 is 5.69 Å². The maximum atomic E-state index is 12.0. The molecule has 0 fully saturated rings. The van der Waals surface area contributed by atoms with E-state index < -0.39 is 0 Å². The van der Waals surface area contributed by atoms with E-state index in [4.69, 9.17) is 4.74 Å². The molecule has 2 aromatic heterocycles. The number of rotatable bonds is 5. The number of nitrogens with zero attached hydrogens (tertiary/aromatic N) is 4. The predicted molar refractivity (Wildman–Crippen MR) is 81.0 cm³/mol. The van der Waals surface area contributed by atoms with Crippen molar-refractivity contribution in [3.8, 4) is 5.75 Å².